The van der Waals surface area contributed by atoms with E-state index in [0.717, 1.165) is 41.7 Å². The summed E-state index contributed by atoms with van der Waals surface area (Å²) in [6.07, 6.45) is 7.11. The fourth-order valence-electron chi connectivity index (χ4n) is 4.46. The van der Waals surface area contributed by atoms with Gasteiger partial charge < -0.3 is 9.47 Å². The molecule has 172 valence electrons. The van der Waals surface area contributed by atoms with Gasteiger partial charge in [-0.15, -0.1) is 0 Å². The highest BCUT2D eigenvalue weighted by molar-refractivity contribution is 7.93. The molecule has 6 nitrogen and oxygen atoms in total. The van der Waals surface area contributed by atoms with E-state index in [4.69, 9.17) is 0 Å². The molecule has 3 heterocycles. The lowest BCUT2D eigenvalue weighted by Gasteiger charge is -2.33. The molecule has 4 rings (SSSR count). The number of hydrogen-bond donors (Lipinski definition) is 1. The third-order valence-electron chi connectivity index (χ3n) is 6.40. The SMILES string of the molecule is CCCC(CC)S(=O)(=O)Nc1ccnc2c1c(-c1cccc(N3CCC3)c1)cn2C(C)C. The molecule has 2 aromatic heterocycles. The normalized spacial score (nSPS) is 15.2. The number of sulfonamides is 1. The van der Waals surface area contributed by atoms with E-state index in [0.29, 0.717) is 18.5 Å². The molecule has 1 aromatic carbocycles. The van der Waals surface area contributed by atoms with Gasteiger partial charge in [0.25, 0.3) is 0 Å². The molecule has 1 N–H and O–H groups in total. The van der Waals surface area contributed by atoms with Crippen molar-refractivity contribution in [2.24, 2.45) is 0 Å². The number of anilines is 2. The largest absolute Gasteiger partial charge is 0.371 e. The zero-order valence-corrected chi connectivity index (χ0v) is 20.3. The van der Waals surface area contributed by atoms with E-state index in [9.17, 15) is 8.42 Å². The quantitative estimate of drug-likeness (QED) is 0.443. The van der Waals surface area contributed by atoms with Crippen molar-refractivity contribution < 1.29 is 8.42 Å². The lowest BCUT2D eigenvalue weighted by atomic mass is 10.0. The molecule has 7 heteroatoms. The minimum absolute atomic E-state index is 0.202. The Kier molecular flexibility index (Phi) is 6.47. The number of pyridine rings is 1. The first-order valence-corrected chi connectivity index (χ1v) is 13.3. The third-order valence-corrected chi connectivity index (χ3v) is 8.36. The van der Waals surface area contributed by atoms with E-state index in [1.54, 1.807) is 12.3 Å². The van der Waals surface area contributed by atoms with Crippen LogP contribution in [0.25, 0.3) is 22.2 Å². The van der Waals surface area contributed by atoms with Crippen molar-refractivity contribution >= 4 is 32.4 Å². The van der Waals surface area contributed by atoms with Gasteiger partial charge in [0.2, 0.25) is 10.0 Å². The topological polar surface area (TPSA) is 67.2 Å². The number of nitrogens with zero attached hydrogens (tertiary/aromatic N) is 3. The molecule has 1 aliphatic heterocycles. The van der Waals surface area contributed by atoms with E-state index in [1.807, 2.05) is 13.8 Å². The average molecular weight is 455 g/mol. The molecule has 1 unspecified atom stereocenters. The van der Waals surface area contributed by atoms with Crippen molar-refractivity contribution in [1.82, 2.24) is 9.55 Å². The molecule has 3 aromatic rings. The summed E-state index contributed by atoms with van der Waals surface area (Å²) in [5.41, 5.74) is 4.69. The monoisotopic (exact) mass is 454 g/mol. The maximum Gasteiger partial charge on any atom is 0.235 e. The Morgan fingerprint density at radius 2 is 1.94 bits per heavy atom. The van der Waals surface area contributed by atoms with Crippen molar-refractivity contribution in [1.29, 1.82) is 0 Å². The highest BCUT2D eigenvalue weighted by Gasteiger charge is 2.26. The molecular weight excluding hydrogens is 420 g/mol. The van der Waals surface area contributed by atoms with E-state index in [-0.39, 0.29) is 6.04 Å². The molecule has 0 amide bonds. The van der Waals surface area contributed by atoms with Gasteiger partial charge in [0, 0.05) is 42.8 Å². The van der Waals surface area contributed by atoms with Crippen molar-refractivity contribution in [2.45, 2.75) is 64.7 Å². The molecule has 1 saturated heterocycles. The molecule has 0 bridgehead atoms. The Bertz CT molecular complexity index is 1200. The van der Waals surface area contributed by atoms with E-state index in [2.05, 4.69) is 63.5 Å². The van der Waals surface area contributed by atoms with Crippen LogP contribution < -0.4 is 9.62 Å². The minimum Gasteiger partial charge on any atom is -0.371 e. The number of nitrogens with one attached hydrogen (secondary N) is 1. The summed E-state index contributed by atoms with van der Waals surface area (Å²) in [6.45, 7) is 10.4. The van der Waals surface area contributed by atoms with Gasteiger partial charge in [0.05, 0.1) is 16.3 Å². The summed E-state index contributed by atoms with van der Waals surface area (Å²) in [5, 5.41) is 0.456. The number of fused-ring (bicyclic) bond motifs is 1. The summed E-state index contributed by atoms with van der Waals surface area (Å²) in [5.74, 6) is 0. The molecule has 0 radical (unpaired) electrons. The van der Waals surface area contributed by atoms with Crippen LogP contribution in [-0.2, 0) is 10.0 Å². The van der Waals surface area contributed by atoms with Gasteiger partial charge in [-0.05, 0) is 56.9 Å². The van der Waals surface area contributed by atoms with E-state index in [1.165, 1.54) is 12.1 Å². The van der Waals surface area contributed by atoms with E-state index < -0.39 is 15.3 Å². The number of hydrogen-bond acceptors (Lipinski definition) is 4. The summed E-state index contributed by atoms with van der Waals surface area (Å²) in [6, 6.07) is 10.5. The fourth-order valence-corrected chi connectivity index (χ4v) is 6.08. The van der Waals surface area contributed by atoms with Gasteiger partial charge in [-0.3, -0.25) is 4.72 Å². The maximum atomic E-state index is 13.2. The first-order chi connectivity index (χ1) is 15.4. The predicted octanol–water partition coefficient (Wildman–Crippen LogP) is 5.81. The maximum absolute atomic E-state index is 13.2. The van der Waals surface area contributed by atoms with Gasteiger partial charge in [0.15, 0.2) is 0 Å². The third kappa shape index (κ3) is 4.22. The van der Waals surface area contributed by atoms with Gasteiger partial charge >= 0.3 is 0 Å². The predicted molar refractivity (Wildman–Crippen MR) is 134 cm³/mol. The zero-order valence-electron chi connectivity index (χ0n) is 19.5. The van der Waals surface area contributed by atoms with Crippen LogP contribution >= 0.6 is 0 Å². The van der Waals surface area contributed by atoms with Crippen LogP contribution in [0.5, 0.6) is 0 Å². The van der Waals surface area contributed by atoms with Crippen LogP contribution in [0.2, 0.25) is 0 Å². The smallest absolute Gasteiger partial charge is 0.235 e. The summed E-state index contributed by atoms with van der Waals surface area (Å²) < 4.78 is 31.5. The van der Waals surface area contributed by atoms with Gasteiger partial charge in [-0.25, -0.2) is 13.4 Å². The highest BCUT2D eigenvalue weighted by atomic mass is 32.2. The van der Waals surface area contributed by atoms with Crippen LogP contribution in [0.1, 0.15) is 59.4 Å². The zero-order chi connectivity index (χ0) is 22.9. The lowest BCUT2D eigenvalue weighted by molar-refractivity contribution is 0.569. The van der Waals surface area contributed by atoms with Crippen LogP contribution in [0.3, 0.4) is 0 Å². The molecule has 1 aliphatic rings. The van der Waals surface area contributed by atoms with Crippen molar-refractivity contribution in [3.05, 3.63) is 42.7 Å². The number of rotatable bonds is 9. The van der Waals surface area contributed by atoms with Crippen LogP contribution in [-0.4, -0.2) is 36.3 Å². The summed E-state index contributed by atoms with van der Waals surface area (Å²) in [7, 11) is -3.50. The Hall–Kier alpha value is -2.54. The Labute approximate surface area is 191 Å². The number of aromatic nitrogens is 2. The molecule has 0 saturated carbocycles. The van der Waals surface area contributed by atoms with Gasteiger partial charge in [-0.2, -0.15) is 0 Å². The Morgan fingerprint density at radius 3 is 2.56 bits per heavy atom. The van der Waals surface area contributed by atoms with Crippen molar-refractivity contribution in [3.8, 4) is 11.1 Å². The summed E-state index contributed by atoms with van der Waals surface area (Å²) in [4.78, 5) is 7.01. The van der Waals surface area contributed by atoms with Gasteiger partial charge in [-0.1, -0.05) is 32.4 Å². The van der Waals surface area contributed by atoms with Crippen LogP contribution in [0.4, 0.5) is 11.4 Å². The Morgan fingerprint density at radius 1 is 1.16 bits per heavy atom. The fraction of sp³-hybridized carbons (Fsp3) is 0.480. The average Bonchev–Trinajstić information content (AvgIpc) is 3.12. The van der Waals surface area contributed by atoms with Crippen LogP contribution in [0.15, 0.2) is 42.7 Å². The molecule has 1 fully saturated rings. The second-order valence-electron chi connectivity index (χ2n) is 8.96. The first kappa shape index (κ1) is 22.6. The molecule has 0 aliphatic carbocycles. The standard InChI is InChI=1S/C25H34N4O2S/c1-5-9-21(6-2)32(30,31)27-23-12-13-26-25-24(23)22(17-29(25)18(3)4)19-10-7-11-20(16-19)28-14-8-15-28/h7,10-13,16-18,21H,5-6,8-9,14-15H2,1-4H3,(H,26,27). The minimum atomic E-state index is -3.50. The second kappa shape index (κ2) is 9.14. The Balaban J connectivity index is 1.85. The van der Waals surface area contributed by atoms with Gasteiger partial charge in [0.1, 0.15) is 5.65 Å². The molecule has 0 spiro atoms. The van der Waals surface area contributed by atoms with E-state index >= 15 is 0 Å². The highest BCUT2D eigenvalue weighted by Crippen LogP contribution is 2.38. The molecule has 1 atom stereocenters. The first-order valence-electron chi connectivity index (χ1n) is 11.7. The van der Waals surface area contributed by atoms with Crippen molar-refractivity contribution in [3.63, 3.8) is 0 Å². The second-order valence-corrected chi connectivity index (χ2v) is 10.9. The number of benzene rings is 1. The van der Waals surface area contributed by atoms with Crippen molar-refractivity contribution in [2.75, 3.05) is 22.7 Å². The summed E-state index contributed by atoms with van der Waals surface area (Å²) >= 11 is 0. The molecular formula is C25H34N4O2S. The lowest BCUT2D eigenvalue weighted by Crippen LogP contribution is -2.36. The van der Waals surface area contributed by atoms with Crippen LogP contribution in [0, 0.1) is 0 Å². The molecule has 32 heavy (non-hydrogen) atoms.